The standard InChI is InChI=1S/C10H13BrN2O2/c1-15-9-3-2-7(11)6-8(9)13-5-4-10(12)14/h2-3,6,13H,4-5H2,1H3,(H2,12,14). The molecule has 15 heavy (non-hydrogen) atoms. The Morgan fingerprint density at radius 2 is 2.33 bits per heavy atom. The van der Waals surface area contributed by atoms with Crippen LogP contribution in [0.3, 0.4) is 0 Å². The fraction of sp³-hybridized carbons (Fsp3) is 0.300. The van der Waals surface area contributed by atoms with E-state index in [4.69, 9.17) is 10.5 Å². The zero-order valence-corrected chi connectivity index (χ0v) is 10.0. The summed E-state index contributed by atoms with van der Waals surface area (Å²) < 4.78 is 6.11. The molecule has 1 aromatic carbocycles. The molecule has 0 saturated carbocycles. The predicted molar refractivity (Wildman–Crippen MR) is 63.0 cm³/mol. The van der Waals surface area contributed by atoms with E-state index in [1.165, 1.54) is 0 Å². The number of ether oxygens (including phenoxy) is 1. The van der Waals surface area contributed by atoms with Crippen LogP contribution in [0.5, 0.6) is 5.75 Å². The van der Waals surface area contributed by atoms with Crippen LogP contribution in [-0.4, -0.2) is 19.6 Å². The van der Waals surface area contributed by atoms with Crippen LogP contribution < -0.4 is 15.8 Å². The van der Waals surface area contributed by atoms with E-state index in [0.717, 1.165) is 15.9 Å². The van der Waals surface area contributed by atoms with Crippen molar-refractivity contribution in [3.8, 4) is 5.75 Å². The smallest absolute Gasteiger partial charge is 0.219 e. The summed E-state index contributed by atoms with van der Waals surface area (Å²) in [5.41, 5.74) is 5.88. The number of benzene rings is 1. The molecule has 0 heterocycles. The summed E-state index contributed by atoms with van der Waals surface area (Å²) in [6, 6.07) is 5.62. The van der Waals surface area contributed by atoms with Gasteiger partial charge in [-0.15, -0.1) is 0 Å². The molecule has 1 amide bonds. The molecule has 0 fully saturated rings. The largest absolute Gasteiger partial charge is 0.495 e. The summed E-state index contributed by atoms with van der Waals surface area (Å²) >= 11 is 3.36. The van der Waals surface area contributed by atoms with Gasteiger partial charge < -0.3 is 15.8 Å². The average molecular weight is 273 g/mol. The third kappa shape index (κ3) is 3.79. The van der Waals surface area contributed by atoms with Gasteiger partial charge in [0, 0.05) is 17.4 Å². The van der Waals surface area contributed by atoms with Crippen molar-refractivity contribution < 1.29 is 9.53 Å². The van der Waals surface area contributed by atoms with Crippen molar-refractivity contribution in [1.29, 1.82) is 0 Å². The maximum absolute atomic E-state index is 10.6. The van der Waals surface area contributed by atoms with Crippen LogP contribution in [-0.2, 0) is 4.79 Å². The van der Waals surface area contributed by atoms with Crippen molar-refractivity contribution in [3.05, 3.63) is 22.7 Å². The maximum atomic E-state index is 10.6. The number of methoxy groups -OCH3 is 1. The van der Waals surface area contributed by atoms with Crippen LogP contribution in [0.2, 0.25) is 0 Å². The van der Waals surface area contributed by atoms with Crippen molar-refractivity contribution >= 4 is 27.5 Å². The Balaban J connectivity index is 2.65. The Hall–Kier alpha value is -1.23. The lowest BCUT2D eigenvalue weighted by Crippen LogP contribution is -2.16. The Morgan fingerprint density at radius 3 is 2.93 bits per heavy atom. The molecule has 0 saturated heterocycles. The second-order valence-electron chi connectivity index (χ2n) is 2.99. The third-order valence-corrected chi connectivity index (χ3v) is 2.34. The van der Waals surface area contributed by atoms with Gasteiger partial charge in [-0.2, -0.15) is 0 Å². The van der Waals surface area contributed by atoms with Gasteiger partial charge in [0.05, 0.1) is 12.8 Å². The Labute approximate surface area is 96.9 Å². The SMILES string of the molecule is COc1ccc(Br)cc1NCCC(N)=O. The first kappa shape index (κ1) is 11.8. The second kappa shape index (κ2) is 5.60. The van der Waals surface area contributed by atoms with Gasteiger partial charge in [-0.25, -0.2) is 0 Å². The molecule has 0 aromatic heterocycles. The number of halogens is 1. The van der Waals surface area contributed by atoms with Crippen LogP contribution in [0.1, 0.15) is 6.42 Å². The molecule has 0 aliphatic heterocycles. The van der Waals surface area contributed by atoms with Gasteiger partial charge in [0.25, 0.3) is 0 Å². The second-order valence-corrected chi connectivity index (χ2v) is 3.90. The Kier molecular flexibility index (Phi) is 4.42. The number of primary amides is 1. The van der Waals surface area contributed by atoms with Gasteiger partial charge >= 0.3 is 0 Å². The van der Waals surface area contributed by atoms with Gasteiger partial charge in [0.15, 0.2) is 0 Å². The first-order valence-corrected chi connectivity index (χ1v) is 5.28. The quantitative estimate of drug-likeness (QED) is 0.859. The normalized spacial score (nSPS) is 9.73. The molecule has 1 aromatic rings. The summed E-state index contributed by atoms with van der Waals surface area (Å²) in [4.78, 5) is 10.6. The van der Waals surface area contributed by atoms with E-state index in [1.54, 1.807) is 7.11 Å². The number of amides is 1. The van der Waals surface area contributed by atoms with Crippen LogP contribution >= 0.6 is 15.9 Å². The average Bonchev–Trinajstić information content (AvgIpc) is 2.17. The van der Waals surface area contributed by atoms with Gasteiger partial charge in [0.2, 0.25) is 5.91 Å². The van der Waals surface area contributed by atoms with Crippen LogP contribution in [0.4, 0.5) is 5.69 Å². The van der Waals surface area contributed by atoms with Crippen molar-refractivity contribution in [2.24, 2.45) is 5.73 Å². The zero-order chi connectivity index (χ0) is 11.3. The molecule has 82 valence electrons. The molecule has 0 bridgehead atoms. The van der Waals surface area contributed by atoms with Crippen LogP contribution in [0, 0.1) is 0 Å². The van der Waals surface area contributed by atoms with E-state index < -0.39 is 0 Å². The Bertz CT molecular complexity index is 355. The first-order valence-electron chi connectivity index (χ1n) is 4.49. The molecule has 5 heteroatoms. The molecule has 0 aliphatic carbocycles. The first-order chi connectivity index (χ1) is 7.13. The molecular weight excluding hydrogens is 260 g/mol. The summed E-state index contributed by atoms with van der Waals surface area (Å²) in [5, 5.41) is 3.08. The van der Waals surface area contributed by atoms with Crippen LogP contribution in [0.15, 0.2) is 22.7 Å². The highest BCUT2D eigenvalue weighted by atomic mass is 79.9. The van der Waals surface area contributed by atoms with E-state index in [-0.39, 0.29) is 5.91 Å². The third-order valence-electron chi connectivity index (χ3n) is 1.85. The van der Waals surface area contributed by atoms with E-state index >= 15 is 0 Å². The van der Waals surface area contributed by atoms with Crippen molar-refractivity contribution in [2.75, 3.05) is 19.0 Å². The monoisotopic (exact) mass is 272 g/mol. The fourth-order valence-electron chi connectivity index (χ4n) is 1.14. The number of carbonyl (C=O) groups excluding carboxylic acids is 1. The summed E-state index contributed by atoms with van der Waals surface area (Å²) in [6.45, 7) is 0.502. The highest BCUT2D eigenvalue weighted by molar-refractivity contribution is 9.10. The minimum absolute atomic E-state index is 0.301. The molecule has 0 spiro atoms. The molecule has 3 N–H and O–H groups in total. The molecule has 0 unspecified atom stereocenters. The number of anilines is 1. The van der Waals surface area contributed by atoms with Crippen LogP contribution in [0.25, 0.3) is 0 Å². The molecule has 0 aliphatic rings. The van der Waals surface area contributed by atoms with Crippen molar-refractivity contribution in [1.82, 2.24) is 0 Å². The number of nitrogens with one attached hydrogen (secondary N) is 1. The minimum atomic E-state index is -0.323. The zero-order valence-electron chi connectivity index (χ0n) is 8.42. The molecule has 0 atom stereocenters. The number of carbonyl (C=O) groups is 1. The lowest BCUT2D eigenvalue weighted by Gasteiger charge is -2.10. The lowest BCUT2D eigenvalue weighted by molar-refractivity contribution is -0.117. The van der Waals surface area contributed by atoms with Gasteiger partial charge in [-0.05, 0) is 18.2 Å². The van der Waals surface area contributed by atoms with E-state index in [9.17, 15) is 4.79 Å². The maximum Gasteiger partial charge on any atom is 0.219 e. The number of hydrogen-bond acceptors (Lipinski definition) is 3. The Morgan fingerprint density at radius 1 is 1.60 bits per heavy atom. The fourth-order valence-corrected chi connectivity index (χ4v) is 1.50. The highest BCUT2D eigenvalue weighted by Crippen LogP contribution is 2.27. The van der Waals surface area contributed by atoms with E-state index in [2.05, 4.69) is 21.2 Å². The van der Waals surface area contributed by atoms with E-state index in [0.29, 0.717) is 13.0 Å². The summed E-state index contributed by atoms with van der Waals surface area (Å²) in [7, 11) is 1.60. The number of rotatable bonds is 5. The summed E-state index contributed by atoms with van der Waals surface area (Å²) in [5.74, 6) is 0.416. The lowest BCUT2D eigenvalue weighted by atomic mass is 10.3. The molecule has 0 radical (unpaired) electrons. The van der Waals surface area contributed by atoms with Gasteiger partial charge in [-0.3, -0.25) is 4.79 Å². The van der Waals surface area contributed by atoms with Gasteiger partial charge in [-0.1, -0.05) is 15.9 Å². The summed E-state index contributed by atoms with van der Waals surface area (Å²) in [6.07, 6.45) is 0.301. The predicted octanol–water partition coefficient (Wildman–Crippen LogP) is 1.74. The molecule has 1 rings (SSSR count). The molecule has 4 nitrogen and oxygen atoms in total. The number of nitrogens with two attached hydrogens (primary N) is 1. The van der Waals surface area contributed by atoms with Crippen molar-refractivity contribution in [2.45, 2.75) is 6.42 Å². The van der Waals surface area contributed by atoms with Gasteiger partial charge in [0.1, 0.15) is 5.75 Å². The highest BCUT2D eigenvalue weighted by Gasteiger charge is 2.03. The van der Waals surface area contributed by atoms with E-state index in [1.807, 2.05) is 18.2 Å². The topological polar surface area (TPSA) is 64.3 Å². The molecular formula is C10H13BrN2O2. The number of hydrogen-bond donors (Lipinski definition) is 2. The van der Waals surface area contributed by atoms with Crippen molar-refractivity contribution in [3.63, 3.8) is 0 Å². The minimum Gasteiger partial charge on any atom is -0.495 e.